The van der Waals surface area contributed by atoms with Crippen LogP contribution in [0.5, 0.6) is 0 Å². The Kier molecular flexibility index (Phi) is 22.2. The van der Waals surface area contributed by atoms with Crippen LogP contribution in [-0.4, -0.2) is 34.9 Å². The molecule has 4 nitrogen and oxygen atoms in total. The van der Waals surface area contributed by atoms with Crippen LogP contribution in [0.2, 0.25) is 0 Å². The van der Waals surface area contributed by atoms with Crippen molar-refractivity contribution in [1.82, 2.24) is 5.32 Å². The van der Waals surface area contributed by atoms with Crippen molar-refractivity contribution in [2.75, 3.05) is 6.61 Å². The first-order valence-corrected chi connectivity index (χ1v) is 12.7. The lowest BCUT2D eigenvalue weighted by molar-refractivity contribution is -0.123. The Morgan fingerprint density at radius 1 is 0.774 bits per heavy atom. The van der Waals surface area contributed by atoms with Gasteiger partial charge in [-0.3, -0.25) is 4.79 Å². The van der Waals surface area contributed by atoms with Gasteiger partial charge in [-0.15, -0.1) is 0 Å². The standard InChI is InChI=1S/C27H49NO3/c1-3-5-7-9-11-12-13-14-15-16-17-19-21-23-27(31)28-25(24-29)26(30)22-20-18-10-8-6-4-2/h7,9,12-13,20,22,25-26,29-30H,3-6,8,10-11,14-19,21,23-24H2,1-2H3,(H,28,31)/b9-7-,13-12-,22-20+. The number of aliphatic hydroxyl groups is 2. The SMILES string of the molecule is CCC/C=C\C/C=C\CCCCCCCC(=O)NC(CO)C(O)/C=C/CCCCCC. The molecule has 31 heavy (non-hydrogen) atoms. The first kappa shape index (κ1) is 29.6. The average Bonchev–Trinajstić information content (AvgIpc) is 2.77. The van der Waals surface area contributed by atoms with Crippen molar-refractivity contribution in [3.63, 3.8) is 0 Å². The lowest BCUT2D eigenvalue weighted by Gasteiger charge is -2.20. The second kappa shape index (κ2) is 23.3. The van der Waals surface area contributed by atoms with Crippen molar-refractivity contribution < 1.29 is 15.0 Å². The summed E-state index contributed by atoms with van der Waals surface area (Å²) in [7, 11) is 0. The molecule has 0 heterocycles. The van der Waals surface area contributed by atoms with Gasteiger partial charge in [0, 0.05) is 6.42 Å². The Labute approximate surface area is 191 Å². The maximum absolute atomic E-state index is 12.1. The molecule has 0 aromatic rings. The van der Waals surface area contributed by atoms with Gasteiger partial charge in [0.15, 0.2) is 0 Å². The molecule has 2 unspecified atom stereocenters. The van der Waals surface area contributed by atoms with Crippen LogP contribution in [0, 0.1) is 0 Å². The Balaban J connectivity index is 3.75. The molecule has 0 saturated heterocycles. The Hall–Kier alpha value is -1.39. The van der Waals surface area contributed by atoms with Crippen molar-refractivity contribution in [3.8, 4) is 0 Å². The quantitative estimate of drug-likeness (QED) is 0.145. The predicted molar refractivity (Wildman–Crippen MR) is 133 cm³/mol. The molecule has 4 heteroatoms. The highest BCUT2D eigenvalue weighted by molar-refractivity contribution is 5.76. The van der Waals surface area contributed by atoms with Crippen molar-refractivity contribution in [1.29, 1.82) is 0 Å². The highest BCUT2D eigenvalue weighted by Crippen LogP contribution is 2.09. The van der Waals surface area contributed by atoms with E-state index in [0.717, 1.165) is 44.9 Å². The number of carbonyl (C=O) groups excluding carboxylic acids is 1. The van der Waals surface area contributed by atoms with E-state index in [2.05, 4.69) is 43.5 Å². The third-order valence-electron chi connectivity index (χ3n) is 5.35. The molecule has 2 atom stereocenters. The van der Waals surface area contributed by atoms with E-state index in [1.165, 1.54) is 44.9 Å². The summed E-state index contributed by atoms with van der Waals surface area (Å²) in [5.41, 5.74) is 0. The molecular weight excluding hydrogens is 386 g/mol. The molecule has 0 aliphatic rings. The van der Waals surface area contributed by atoms with Gasteiger partial charge in [0.1, 0.15) is 0 Å². The van der Waals surface area contributed by atoms with Gasteiger partial charge < -0.3 is 15.5 Å². The van der Waals surface area contributed by atoms with Crippen molar-refractivity contribution in [2.45, 2.75) is 122 Å². The molecule has 0 aliphatic carbocycles. The third-order valence-corrected chi connectivity index (χ3v) is 5.35. The second-order valence-electron chi connectivity index (χ2n) is 8.40. The average molecular weight is 436 g/mol. The van der Waals surface area contributed by atoms with Gasteiger partial charge in [-0.2, -0.15) is 0 Å². The van der Waals surface area contributed by atoms with E-state index >= 15 is 0 Å². The fourth-order valence-electron chi connectivity index (χ4n) is 3.33. The molecule has 1 amide bonds. The largest absolute Gasteiger partial charge is 0.394 e. The molecule has 0 saturated carbocycles. The summed E-state index contributed by atoms with van der Waals surface area (Å²) in [6.07, 6.45) is 27.9. The summed E-state index contributed by atoms with van der Waals surface area (Å²) in [5.74, 6) is -0.0893. The van der Waals surface area contributed by atoms with Gasteiger partial charge in [0.2, 0.25) is 5.91 Å². The first-order chi connectivity index (χ1) is 15.2. The van der Waals surface area contributed by atoms with Crippen LogP contribution in [0.15, 0.2) is 36.5 Å². The fourth-order valence-corrected chi connectivity index (χ4v) is 3.33. The summed E-state index contributed by atoms with van der Waals surface area (Å²) >= 11 is 0. The molecule has 0 bridgehead atoms. The minimum atomic E-state index is -0.838. The van der Waals surface area contributed by atoms with E-state index in [9.17, 15) is 15.0 Å². The summed E-state index contributed by atoms with van der Waals surface area (Å²) < 4.78 is 0. The number of hydrogen-bond donors (Lipinski definition) is 3. The number of amides is 1. The van der Waals surface area contributed by atoms with E-state index in [4.69, 9.17) is 0 Å². The maximum atomic E-state index is 12.1. The molecule has 0 spiro atoms. The molecule has 0 radical (unpaired) electrons. The lowest BCUT2D eigenvalue weighted by atomic mass is 10.1. The van der Waals surface area contributed by atoms with E-state index in [-0.39, 0.29) is 12.5 Å². The summed E-state index contributed by atoms with van der Waals surface area (Å²) in [5, 5.41) is 22.4. The van der Waals surface area contributed by atoms with Gasteiger partial charge in [0.05, 0.1) is 18.8 Å². The maximum Gasteiger partial charge on any atom is 0.220 e. The molecule has 180 valence electrons. The van der Waals surface area contributed by atoms with E-state index in [0.29, 0.717) is 6.42 Å². The highest BCUT2D eigenvalue weighted by atomic mass is 16.3. The predicted octanol–water partition coefficient (Wildman–Crippen LogP) is 6.38. The zero-order valence-electron chi connectivity index (χ0n) is 20.2. The van der Waals surface area contributed by atoms with Gasteiger partial charge in [-0.05, 0) is 44.9 Å². The van der Waals surface area contributed by atoms with Gasteiger partial charge in [-0.25, -0.2) is 0 Å². The van der Waals surface area contributed by atoms with Crippen molar-refractivity contribution in [3.05, 3.63) is 36.5 Å². The van der Waals surface area contributed by atoms with Crippen LogP contribution in [0.1, 0.15) is 110 Å². The highest BCUT2D eigenvalue weighted by Gasteiger charge is 2.17. The number of nitrogens with one attached hydrogen (secondary N) is 1. The van der Waals surface area contributed by atoms with E-state index in [1.54, 1.807) is 6.08 Å². The van der Waals surface area contributed by atoms with Gasteiger partial charge in [-0.1, -0.05) is 95.2 Å². The number of rotatable bonds is 21. The van der Waals surface area contributed by atoms with Crippen LogP contribution < -0.4 is 5.32 Å². The van der Waals surface area contributed by atoms with Crippen LogP contribution in [0.3, 0.4) is 0 Å². The second-order valence-corrected chi connectivity index (χ2v) is 8.40. The number of carbonyl (C=O) groups is 1. The topological polar surface area (TPSA) is 69.6 Å². The summed E-state index contributed by atoms with van der Waals surface area (Å²) in [4.78, 5) is 12.1. The van der Waals surface area contributed by atoms with Gasteiger partial charge >= 0.3 is 0 Å². The number of unbranched alkanes of at least 4 members (excludes halogenated alkanes) is 10. The minimum Gasteiger partial charge on any atom is -0.394 e. The lowest BCUT2D eigenvalue weighted by Crippen LogP contribution is -2.45. The Morgan fingerprint density at radius 2 is 1.39 bits per heavy atom. The van der Waals surface area contributed by atoms with E-state index in [1.807, 2.05) is 6.08 Å². The molecule has 0 fully saturated rings. The van der Waals surface area contributed by atoms with E-state index < -0.39 is 12.1 Å². The number of aliphatic hydroxyl groups excluding tert-OH is 2. The molecule has 3 N–H and O–H groups in total. The molecular formula is C27H49NO3. The van der Waals surface area contributed by atoms with Crippen molar-refractivity contribution >= 4 is 5.91 Å². The third kappa shape index (κ3) is 20.3. The summed E-state index contributed by atoms with van der Waals surface area (Å²) in [6.45, 7) is 4.12. The molecule has 0 aromatic carbocycles. The van der Waals surface area contributed by atoms with Gasteiger partial charge in [0.25, 0.3) is 0 Å². The molecule has 0 rings (SSSR count). The minimum absolute atomic E-state index is 0.0893. The first-order valence-electron chi connectivity index (χ1n) is 12.7. The monoisotopic (exact) mass is 435 g/mol. The molecule has 0 aliphatic heterocycles. The number of hydrogen-bond acceptors (Lipinski definition) is 3. The zero-order chi connectivity index (χ0) is 23.0. The Bertz CT molecular complexity index is 485. The zero-order valence-corrected chi connectivity index (χ0v) is 20.2. The summed E-state index contributed by atoms with van der Waals surface area (Å²) in [6, 6.07) is -0.622. The normalized spacial score (nSPS) is 14.1. The Morgan fingerprint density at radius 3 is 2.06 bits per heavy atom. The van der Waals surface area contributed by atoms with Crippen LogP contribution in [0.4, 0.5) is 0 Å². The van der Waals surface area contributed by atoms with Crippen LogP contribution in [0.25, 0.3) is 0 Å². The molecule has 0 aromatic heterocycles. The van der Waals surface area contributed by atoms with Crippen LogP contribution in [-0.2, 0) is 4.79 Å². The fraction of sp³-hybridized carbons (Fsp3) is 0.741. The smallest absolute Gasteiger partial charge is 0.220 e. The van der Waals surface area contributed by atoms with Crippen LogP contribution >= 0.6 is 0 Å². The number of allylic oxidation sites excluding steroid dienone is 5. The van der Waals surface area contributed by atoms with Crippen molar-refractivity contribution in [2.24, 2.45) is 0 Å².